The second-order valence-electron chi connectivity index (χ2n) is 2.42. The molecule has 0 atom stereocenters. The number of benzene rings is 1. The summed E-state index contributed by atoms with van der Waals surface area (Å²) in [5.74, 6) is 0. The van der Waals surface area contributed by atoms with Gasteiger partial charge in [0.25, 0.3) is 0 Å². The van der Waals surface area contributed by atoms with Gasteiger partial charge in [-0.05, 0) is 11.1 Å². The SMILES string of the molecule is c1cc2ccc1CNC2. The Morgan fingerprint density at radius 2 is 1.33 bits per heavy atom. The Balaban J connectivity index is 2.53. The molecule has 2 bridgehead atoms. The van der Waals surface area contributed by atoms with Crippen LogP contribution in [0.25, 0.3) is 0 Å². The van der Waals surface area contributed by atoms with Crippen LogP contribution in [0, 0.1) is 0 Å². The standard InChI is InChI=1S/C8H9N/c1-2-8-4-3-7(1)5-9-6-8/h1-4,9H,5-6H2. The molecule has 0 amide bonds. The van der Waals surface area contributed by atoms with Gasteiger partial charge in [-0.3, -0.25) is 0 Å². The van der Waals surface area contributed by atoms with Crippen molar-refractivity contribution in [2.24, 2.45) is 0 Å². The Hall–Kier alpha value is -0.820. The van der Waals surface area contributed by atoms with Gasteiger partial charge in [0, 0.05) is 13.1 Å². The Bertz CT molecular complexity index is 177. The third-order valence-corrected chi connectivity index (χ3v) is 1.68. The minimum atomic E-state index is 1.02. The average molecular weight is 119 g/mol. The third kappa shape index (κ3) is 0.836. The van der Waals surface area contributed by atoms with E-state index in [0.717, 1.165) is 13.1 Å². The zero-order valence-electron chi connectivity index (χ0n) is 5.22. The summed E-state index contributed by atoms with van der Waals surface area (Å²) in [5.41, 5.74) is 2.77. The molecule has 1 aromatic carbocycles. The molecule has 1 nitrogen and oxygen atoms in total. The van der Waals surface area contributed by atoms with Crippen molar-refractivity contribution in [1.29, 1.82) is 0 Å². The molecule has 0 aliphatic carbocycles. The lowest BCUT2D eigenvalue weighted by molar-refractivity contribution is 0.709. The number of hydrogen-bond acceptors (Lipinski definition) is 1. The maximum Gasteiger partial charge on any atom is 0.0208 e. The fourth-order valence-electron chi connectivity index (χ4n) is 1.13. The van der Waals surface area contributed by atoms with Crippen molar-refractivity contribution in [2.45, 2.75) is 13.1 Å². The molecule has 2 aliphatic rings. The van der Waals surface area contributed by atoms with Crippen LogP contribution in [0.1, 0.15) is 11.1 Å². The summed E-state index contributed by atoms with van der Waals surface area (Å²) >= 11 is 0. The van der Waals surface area contributed by atoms with E-state index in [1.165, 1.54) is 11.1 Å². The molecule has 1 N–H and O–H groups in total. The fourth-order valence-corrected chi connectivity index (χ4v) is 1.13. The molecular formula is C8H9N. The first-order chi connectivity index (χ1) is 4.45. The molecule has 46 valence electrons. The minimum Gasteiger partial charge on any atom is -0.309 e. The lowest BCUT2D eigenvalue weighted by atomic mass is 10.2. The summed E-state index contributed by atoms with van der Waals surface area (Å²) in [6.07, 6.45) is 0. The quantitative estimate of drug-likeness (QED) is 0.542. The summed E-state index contributed by atoms with van der Waals surface area (Å²) < 4.78 is 0. The molecule has 0 saturated heterocycles. The Morgan fingerprint density at radius 3 is 1.78 bits per heavy atom. The van der Waals surface area contributed by atoms with E-state index in [4.69, 9.17) is 0 Å². The van der Waals surface area contributed by atoms with Gasteiger partial charge < -0.3 is 5.32 Å². The largest absolute Gasteiger partial charge is 0.309 e. The monoisotopic (exact) mass is 119 g/mol. The van der Waals surface area contributed by atoms with Gasteiger partial charge in [0.05, 0.1) is 0 Å². The van der Waals surface area contributed by atoms with Crippen LogP contribution in [0.15, 0.2) is 24.3 Å². The van der Waals surface area contributed by atoms with Gasteiger partial charge in [-0.2, -0.15) is 0 Å². The predicted octanol–water partition coefficient (Wildman–Crippen LogP) is 1.29. The van der Waals surface area contributed by atoms with Crippen LogP contribution in [0.5, 0.6) is 0 Å². The first-order valence-corrected chi connectivity index (χ1v) is 3.24. The van der Waals surface area contributed by atoms with E-state index in [9.17, 15) is 0 Å². The molecule has 2 aliphatic heterocycles. The van der Waals surface area contributed by atoms with Crippen molar-refractivity contribution in [2.75, 3.05) is 0 Å². The summed E-state index contributed by atoms with van der Waals surface area (Å²) in [7, 11) is 0. The number of fused-ring (bicyclic) bond motifs is 4. The zero-order chi connectivity index (χ0) is 6.10. The van der Waals surface area contributed by atoms with Crippen molar-refractivity contribution >= 4 is 0 Å². The highest BCUT2D eigenvalue weighted by molar-refractivity contribution is 5.24. The highest BCUT2D eigenvalue weighted by Crippen LogP contribution is 2.07. The van der Waals surface area contributed by atoms with E-state index in [2.05, 4.69) is 29.6 Å². The van der Waals surface area contributed by atoms with Crippen LogP contribution in [0.3, 0.4) is 0 Å². The van der Waals surface area contributed by atoms with Gasteiger partial charge in [-0.25, -0.2) is 0 Å². The van der Waals surface area contributed by atoms with Gasteiger partial charge >= 0.3 is 0 Å². The predicted molar refractivity (Wildman–Crippen MR) is 37.0 cm³/mol. The van der Waals surface area contributed by atoms with E-state index in [-0.39, 0.29) is 0 Å². The Kier molecular flexibility index (Phi) is 1.03. The van der Waals surface area contributed by atoms with Crippen LogP contribution in [0.2, 0.25) is 0 Å². The normalized spacial score (nSPS) is 15.6. The molecule has 0 fully saturated rings. The molecular weight excluding hydrogens is 110 g/mol. The summed E-state index contributed by atoms with van der Waals surface area (Å²) in [4.78, 5) is 0. The molecule has 2 heterocycles. The molecule has 0 radical (unpaired) electrons. The second kappa shape index (κ2) is 1.85. The summed E-state index contributed by atoms with van der Waals surface area (Å²) in [6.45, 7) is 2.05. The molecule has 1 heteroatoms. The minimum absolute atomic E-state index is 1.02. The van der Waals surface area contributed by atoms with Gasteiger partial charge in [-0.15, -0.1) is 0 Å². The summed E-state index contributed by atoms with van der Waals surface area (Å²) in [6, 6.07) is 8.70. The molecule has 9 heavy (non-hydrogen) atoms. The average Bonchev–Trinajstić information content (AvgIpc) is 2.21. The van der Waals surface area contributed by atoms with Gasteiger partial charge in [0.15, 0.2) is 0 Å². The van der Waals surface area contributed by atoms with E-state index in [1.807, 2.05) is 0 Å². The number of hydrogen-bond donors (Lipinski definition) is 1. The molecule has 0 saturated carbocycles. The molecule has 0 aromatic heterocycles. The molecule has 1 aromatic rings. The lowest BCUT2D eigenvalue weighted by Gasteiger charge is -1.93. The van der Waals surface area contributed by atoms with Gasteiger partial charge in [0.2, 0.25) is 0 Å². The van der Waals surface area contributed by atoms with E-state index in [1.54, 1.807) is 0 Å². The van der Waals surface area contributed by atoms with Gasteiger partial charge in [-0.1, -0.05) is 24.3 Å². The van der Waals surface area contributed by atoms with Gasteiger partial charge in [0.1, 0.15) is 0 Å². The topological polar surface area (TPSA) is 12.0 Å². The van der Waals surface area contributed by atoms with Crippen molar-refractivity contribution in [3.05, 3.63) is 35.4 Å². The van der Waals surface area contributed by atoms with Crippen LogP contribution < -0.4 is 5.32 Å². The Morgan fingerprint density at radius 1 is 0.889 bits per heavy atom. The maximum absolute atomic E-state index is 3.31. The van der Waals surface area contributed by atoms with E-state index in [0.29, 0.717) is 0 Å². The molecule has 3 rings (SSSR count). The van der Waals surface area contributed by atoms with Crippen LogP contribution >= 0.6 is 0 Å². The van der Waals surface area contributed by atoms with Crippen LogP contribution in [0.4, 0.5) is 0 Å². The van der Waals surface area contributed by atoms with E-state index < -0.39 is 0 Å². The smallest absolute Gasteiger partial charge is 0.0208 e. The molecule has 0 spiro atoms. The van der Waals surface area contributed by atoms with Crippen LogP contribution in [-0.4, -0.2) is 0 Å². The number of nitrogens with one attached hydrogen (secondary N) is 1. The third-order valence-electron chi connectivity index (χ3n) is 1.68. The summed E-state index contributed by atoms with van der Waals surface area (Å²) in [5, 5.41) is 3.31. The van der Waals surface area contributed by atoms with Crippen molar-refractivity contribution in [3.63, 3.8) is 0 Å². The second-order valence-corrected chi connectivity index (χ2v) is 2.42. The van der Waals surface area contributed by atoms with Crippen molar-refractivity contribution in [1.82, 2.24) is 5.32 Å². The highest BCUT2D eigenvalue weighted by atomic mass is 14.9. The molecule has 0 unspecified atom stereocenters. The van der Waals surface area contributed by atoms with Crippen molar-refractivity contribution < 1.29 is 0 Å². The number of rotatable bonds is 0. The lowest BCUT2D eigenvalue weighted by Crippen LogP contribution is -2.08. The maximum atomic E-state index is 3.31. The van der Waals surface area contributed by atoms with Crippen molar-refractivity contribution in [3.8, 4) is 0 Å². The zero-order valence-corrected chi connectivity index (χ0v) is 5.22. The fraction of sp³-hybridized carbons (Fsp3) is 0.250. The first-order valence-electron chi connectivity index (χ1n) is 3.24. The highest BCUT2D eigenvalue weighted by Gasteiger charge is 1.99. The van der Waals surface area contributed by atoms with Crippen LogP contribution in [-0.2, 0) is 13.1 Å². The van der Waals surface area contributed by atoms with E-state index >= 15 is 0 Å². The first kappa shape index (κ1) is 5.00. The Labute approximate surface area is 54.7 Å².